The Hall–Kier alpha value is -2.97. The average Bonchev–Trinajstić information content (AvgIpc) is 3.38. The van der Waals surface area contributed by atoms with E-state index in [2.05, 4.69) is 167 Å². The van der Waals surface area contributed by atoms with Gasteiger partial charge in [0.2, 0.25) is 0 Å². The van der Waals surface area contributed by atoms with E-state index in [4.69, 9.17) is 4.99 Å². The van der Waals surface area contributed by atoms with Gasteiger partial charge in [0.05, 0.1) is 22.8 Å². The highest BCUT2D eigenvalue weighted by Gasteiger charge is 2.25. The molecule has 0 saturated heterocycles. The number of H-pyrrole nitrogens is 1. The van der Waals surface area contributed by atoms with E-state index in [0.717, 1.165) is 39.5 Å². The molecule has 5 rings (SSSR count). The van der Waals surface area contributed by atoms with Gasteiger partial charge in [0.1, 0.15) is 0 Å². The molecule has 0 spiro atoms. The first-order valence-electron chi connectivity index (χ1n) is 12.1. The lowest BCUT2D eigenvalue weighted by Crippen LogP contribution is -1.96. The highest BCUT2D eigenvalue weighted by molar-refractivity contribution is 14.1. The van der Waals surface area contributed by atoms with Gasteiger partial charge in [-0.15, -0.1) is 0 Å². The Kier molecular flexibility index (Phi) is 8.05. The van der Waals surface area contributed by atoms with Gasteiger partial charge in [-0.05, 0) is 99.0 Å². The number of hydrogen-bond donors (Lipinski definition) is 1. The zero-order valence-corrected chi connectivity index (χ0v) is 25.0. The minimum atomic E-state index is 0.994. The molecule has 0 saturated carbocycles. The van der Waals surface area contributed by atoms with Crippen molar-refractivity contribution in [3.63, 3.8) is 0 Å². The number of aromatic nitrogens is 1. The standard InChI is InChI=1S/C33H26I2N2/c1-22-30(34)27(20-18-24-12-6-3-7-13-24)36-32(22)29(26-16-10-5-11-17-26)33-23(2)31(35)28(37-33)21-19-25-14-8-4-9-15-25/h3-21,36H,1-2H3/b20-18+,21-19+,33-29-. The summed E-state index contributed by atoms with van der Waals surface area (Å²) in [5.74, 6) is 0. The van der Waals surface area contributed by atoms with Gasteiger partial charge in [-0.2, -0.15) is 0 Å². The van der Waals surface area contributed by atoms with Gasteiger partial charge in [-0.3, -0.25) is 0 Å². The van der Waals surface area contributed by atoms with Crippen molar-refractivity contribution in [3.8, 4) is 0 Å². The first kappa shape index (κ1) is 25.7. The third-order valence-corrected chi connectivity index (χ3v) is 9.12. The van der Waals surface area contributed by atoms with Crippen LogP contribution in [0.25, 0.3) is 23.8 Å². The number of aliphatic imine (C=N–C) groups is 1. The van der Waals surface area contributed by atoms with E-state index in [9.17, 15) is 0 Å². The quantitative estimate of drug-likeness (QED) is 0.194. The van der Waals surface area contributed by atoms with Gasteiger partial charge in [-0.25, -0.2) is 4.99 Å². The van der Waals surface area contributed by atoms with E-state index >= 15 is 0 Å². The minimum Gasteiger partial charge on any atom is -0.354 e. The van der Waals surface area contributed by atoms with Crippen molar-refractivity contribution < 1.29 is 0 Å². The SMILES string of the molecule is CC1=C(I)C(/C=C/c2ccccc2)=NC/1=C(/c1ccccc1)c1[nH]c(/C=C/c2ccccc2)c(I)c1C. The molecule has 37 heavy (non-hydrogen) atoms. The fourth-order valence-electron chi connectivity index (χ4n) is 4.35. The Morgan fingerprint density at radius 3 is 1.84 bits per heavy atom. The maximum absolute atomic E-state index is 5.18. The van der Waals surface area contributed by atoms with Gasteiger partial charge in [-0.1, -0.05) is 103 Å². The molecule has 1 aliphatic rings. The lowest BCUT2D eigenvalue weighted by molar-refractivity contribution is 1.25. The largest absolute Gasteiger partial charge is 0.354 e. The molecule has 0 amide bonds. The molecule has 2 heterocycles. The lowest BCUT2D eigenvalue weighted by Gasteiger charge is -2.12. The van der Waals surface area contributed by atoms with Crippen molar-refractivity contribution >= 4 is 74.7 Å². The predicted octanol–water partition coefficient (Wildman–Crippen LogP) is 9.73. The zero-order valence-electron chi connectivity index (χ0n) is 20.7. The van der Waals surface area contributed by atoms with Crippen LogP contribution in [0, 0.1) is 10.5 Å². The Labute approximate surface area is 245 Å². The number of rotatable bonds is 6. The van der Waals surface area contributed by atoms with Crippen molar-refractivity contribution in [1.29, 1.82) is 0 Å². The van der Waals surface area contributed by atoms with E-state index < -0.39 is 0 Å². The number of allylic oxidation sites excluding steroid dienone is 3. The van der Waals surface area contributed by atoms with Crippen LogP contribution in [0.2, 0.25) is 0 Å². The van der Waals surface area contributed by atoms with Gasteiger partial charge < -0.3 is 4.98 Å². The molecule has 182 valence electrons. The fourth-order valence-corrected chi connectivity index (χ4v) is 5.49. The van der Waals surface area contributed by atoms with Crippen LogP contribution in [0.3, 0.4) is 0 Å². The molecule has 0 radical (unpaired) electrons. The summed E-state index contributed by atoms with van der Waals surface area (Å²) in [5.41, 5.74) is 11.3. The summed E-state index contributed by atoms with van der Waals surface area (Å²) in [6.45, 7) is 4.36. The van der Waals surface area contributed by atoms with Gasteiger partial charge in [0.15, 0.2) is 0 Å². The molecule has 0 aliphatic carbocycles. The molecule has 0 unspecified atom stereocenters. The van der Waals surface area contributed by atoms with E-state index in [-0.39, 0.29) is 0 Å². The normalized spacial score (nSPS) is 15.2. The van der Waals surface area contributed by atoms with Gasteiger partial charge >= 0.3 is 0 Å². The maximum Gasteiger partial charge on any atom is 0.0777 e. The molecular formula is C33H26I2N2. The number of nitrogens with zero attached hydrogens (tertiary/aromatic N) is 1. The summed E-state index contributed by atoms with van der Waals surface area (Å²) in [7, 11) is 0. The Morgan fingerprint density at radius 1 is 0.703 bits per heavy atom. The van der Waals surface area contributed by atoms with Crippen LogP contribution < -0.4 is 0 Å². The van der Waals surface area contributed by atoms with Gasteiger partial charge in [0.25, 0.3) is 0 Å². The molecule has 1 aromatic heterocycles. The molecular weight excluding hydrogens is 678 g/mol. The van der Waals surface area contributed by atoms with Crippen molar-refractivity contribution in [2.75, 3.05) is 0 Å². The predicted molar refractivity (Wildman–Crippen MR) is 176 cm³/mol. The molecule has 1 aliphatic heterocycles. The van der Waals surface area contributed by atoms with Crippen LogP contribution in [0.1, 0.15) is 40.6 Å². The number of nitrogens with one attached hydrogen (secondary N) is 1. The van der Waals surface area contributed by atoms with Crippen molar-refractivity contribution in [1.82, 2.24) is 4.98 Å². The van der Waals surface area contributed by atoms with E-state index in [0.29, 0.717) is 0 Å². The van der Waals surface area contributed by atoms with Crippen LogP contribution in [0.4, 0.5) is 0 Å². The highest BCUT2D eigenvalue weighted by Crippen LogP contribution is 2.40. The second kappa shape index (κ2) is 11.6. The maximum atomic E-state index is 5.18. The second-order valence-electron chi connectivity index (χ2n) is 8.87. The van der Waals surface area contributed by atoms with Crippen LogP contribution in [0.5, 0.6) is 0 Å². The number of hydrogen-bond acceptors (Lipinski definition) is 1. The number of aromatic amines is 1. The molecule has 1 N–H and O–H groups in total. The number of benzene rings is 3. The van der Waals surface area contributed by atoms with Crippen molar-refractivity contribution in [2.45, 2.75) is 13.8 Å². The van der Waals surface area contributed by atoms with Crippen LogP contribution in [-0.4, -0.2) is 10.7 Å². The summed E-state index contributed by atoms with van der Waals surface area (Å²) < 4.78 is 2.40. The van der Waals surface area contributed by atoms with Gasteiger partial charge in [0, 0.05) is 12.7 Å². The van der Waals surface area contributed by atoms with E-state index in [1.54, 1.807) is 0 Å². The molecule has 0 fully saturated rings. The molecule has 2 nitrogen and oxygen atoms in total. The highest BCUT2D eigenvalue weighted by atomic mass is 127. The second-order valence-corrected chi connectivity index (χ2v) is 11.0. The summed E-state index contributed by atoms with van der Waals surface area (Å²) in [4.78, 5) is 8.92. The van der Waals surface area contributed by atoms with Crippen LogP contribution in [-0.2, 0) is 0 Å². The Balaban J connectivity index is 1.63. The first-order valence-corrected chi connectivity index (χ1v) is 14.3. The monoisotopic (exact) mass is 704 g/mol. The Bertz CT molecular complexity index is 1570. The average molecular weight is 704 g/mol. The van der Waals surface area contributed by atoms with Crippen LogP contribution in [0.15, 0.2) is 117 Å². The molecule has 0 atom stereocenters. The van der Waals surface area contributed by atoms with Crippen LogP contribution >= 0.6 is 45.2 Å². The smallest absolute Gasteiger partial charge is 0.0777 e. The minimum absolute atomic E-state index is 0.994. The first-order chi connectivity index (χ1) is 18.0. The molecule has 3 aromatic carbocycles. The van der Waals surface area contributed by atoms with E-state index in [1.807, 2.05) is 12.1 Å². The third-order valence-electron chi connectivity index (χ3n) is 6.37. The fraction of sp³-hybridized carbons (Fsp3) is 0.0606. The molecule has 0 bridgehead atoms. The topological polar surface area (TPSA) is 28.1 Å². The molecule has 4 heteroatoms. The summed E-state index contributed by atoms with van der Waals surface area (Å²) in [6, 6.07) is 31.3. The summed E-state index contributed by atoms with van der Waals surface area (Å²) >= 11 is 4.88. The van der Waals surface area contributed by atoms with Crippen molar-refractivity contribution in [2.24, 2.45) is 4.99 Å². The molecule has 4 aromatic rings. The Morgan fingerprint density at radius 2 is 1.24 bits per heavy atom. The third kappa shape index (κ3) is 5.65. The zero-order chi connectivity index (χ0) is 25.8. The number of halogens is 2. The van der Waals surface area contributed by atoms with Crippen molar-refractivity contribution in [3.05, 3.63) is 149 Å². The van der Waals surface area contributed by atoms with E-state index in [1.165, 1.54) is 23.9 Å². The summed E-state index contributed by atoms with van der Waals surface area (Å²) in [6.07, 6.45) is 8.57. The lowest BCUT2D eigenvalue weighted by atomic mass is 9.96. The summed E-state index contributed by atoms with van der Waals surface area (Å²) in [5, 5.41) is 0.